The molecule has 33 heavy (non-hydrogen) atoms. The van der Waals surface area contributed by atoms with Crippen molar-refractivity contribution in [3.63, 3.8) is 0 Å². The maximum absolute atomic E-state index is 12.5. The molecule has 0 saturated carbocycles. The van der Waals surface area contributed by atoms with E-state index < -0.39 is 18.5 Å². The molecule has 0 unspecified atom stereocenters. The van der Waals surface area contributed by atoms with E-state index in [1.807, 2.05) is 26.0 Å². The number of anilines is 1. The van der Waals surface area contributed by atoms with E-state index in [-0.39, 0.29) is 5.56 Å². The molecule has 4 rings (SSSR count). The van der Waals surface area contributed by atoms with Gasteiger partial charge in [-0.3, -0.25) is 4.79 Å². The molecule has 4 aromatic rings. The van der Waals surface area contributed by atoms with Crippen molar-refractivity contribution in [2.75, 3.05) is 11.9 Å². The Morgan fingerprint density at radius 3 is 2.45 bits per heavy atom. The average molecular weight is 446 g/mol. The molecule has 0 aliphatic heterocycles. The molecule has 11 nitrogen and oxygen atoms in total. The van der Waals surface area contributed by atoms with Crippen molar-refractivity contribution in [3.05, 3.63) is 71.1 Å². The average Bonchev–Trinajstić information content (AvgIpc) is 3.34. The number of esters is 1. The summed E-state index contributed by atoms with van der Waals surface area (Å²) in [5, 5.41) is 11.2. The van der Waals surface area contributed by atoms with Gasteiger partial charge in [0.05, 0.1) is 17.6 Å². The third-order valence-corrected chi connectivity index (χ3v) is 4.69. The highest BCUT2D eigenvalue weighted by Crippen LogP contribution is 2.16. The number of ether oxygens (including phenoxy) is 1. The molecule has 11 heteroatoms. The number of aryl methyl sites for hydroxylation is 3. The predicted octanol–water partition coefficient (Wildman–Crippen LogP) is 2.27. The third kappa shape index (κ3) is 4.76. The van der Waals surface area contributed by atoms with E-state index >= 15 is 0 Å². The van der Waals surface area contributed by atoms with Crippen LogP contribution in [0, 0.1) is 27.7 Å². The second kappa shape index (κ2) is 8.99. The SMILES string of the molecule is Cc1cc(C)nc(-n2nc(C)cc2NC(=O)COC(=O)c2cnn(-c3ccccn3)c2C)n1. The lowest BCUT2D eigenvalue weighted by molar-refractivity contribution is -0.119. The molecule has 0 aliphatic carbocycles. The highest BCUT2D eigenvalue weighted by molar-refractivity contribution is 5.95. The van der Waals surface area contributed by atoms with Crippen LogP contribution in [0.3, 0.4) is 0 Å². The van der Waals surface area contributed by atoms with Gasteiger partial charge >= 0.3 is 5.97 Å². The summed E-state index contributed by atoms with van der Waals surface area (Å²) in [5.41, 5.74) is 3.03. The Morgan fingerprint density at radius 1 is 1.00 bits per heavy atom. The summed E-state index contributed by atoms with van der Waals surface area (Å²) in [7, 11) is 0. The molecule has 0 fully saturated rings. The Balaban J connectivity index is 1.44. The highest BCUT2D eigenvalue weighted by Gasteiger charge is 2.19. The fourth-order valence-corrected chi connectivity index (χ4v) is 3.25. The number of carbonyl (C=O) groups is 2. The van der Waals surface area contributed by atoms with E-state index in [0.717, 1.165) is 11.4 Å². The van der Waals surface area contributed by atoms with Gasteiger partial charge in [-0.25, -0.2) is 24.4 Å². The predicted molar refractivity (Wildman–Crippen MR) is 118 cm³/mol. The van der Waals surface area contributed by atoms with Crippen molar-refractivity contribution >= 4 is 17.7 Å². The Kier molecular flexibility index (Phi) is 5.94. The van der Waals surface area contributed by atoms with Crippen LogP contribution in [0.25, 0.3) is 11.8 Å². The first-order valence-corrected chi connectivity index (χ1v) is 10.1. The van der Waals surface area contributed by atoms with Crippen LogP contribution in [0.5, 0.6) is 0 Å². The van der Waals surface area contributed by atoms with Gasteiger partial charge < -0.3 is 10.1 Å². The molecule has 168 valence electrons. The summed E-state index contributed by atoms with van der Waals surface area (Å²) in [6.07, 6.45) is 3.02. The Hall–Kier alpha value is -4.41. The number of carbonyl (C=O) groups excluding carboxylic acids is 2. The number of amides is 1. The zero-order chi connectivity index (χ0) is 23.5. The van der Waals surface area contributed by atoms with Crippen LogP contribution < -0.4 is 5.32 Å². The van der Waals surface area contributed by atoms with E-state index in [2.05, 4.69) is 30.5 Å². The lowest BCUT2D eigenvalue weighted by Gasteiger charge is -2.09. The molecule has 0 spiro atoms. The maximum atomic E-state index is 12.5. The molecule has 1 amide bonds. The third-order valence-electron chi connectivity index (χ3n) is 4.69. The second-order valence-electron chi connectivity index (χ2n) is 7.40. The standard InChI is InChI=1S/C22H22N8O3/c1-13-9-14(2)26-22(25-13)30-19(10-15(3)28-30)27-20(31)12-33-21(32)17-11-24-29(16(17)4)18-7-5-6-8-23-18/h5-11H,12H2,1-4H3,(H,27,31). The number of nitrogens with one attached hydrogen (secondary N) is 1. The minimum atomic E-state index is -0.660. The van der Waals surface area contributed by atoms with Crippen molar-refractivity contribution in [3.8, 4) is 11.8 Å². The van der Waals surface area contributed by atoms with E-state index in [1.165, 1.54) is 15.6 Å². The molecule has 0 aromatic carbocycles. The minimum absolute atomic E-state index is 0.248. The number of aromatic nitrogens is 7. The maximum Gasteiger partial charge on any atom is 0.342 e. The van der Waals surface area contributed by atoms with Crippen LogP contribution in [-0.2, 0) is 9.53 Å². The van der Waals surface area contributed by atoms with Gasteiger partial charge in [0.1, 0.15) is 11.4 Å². The Labute approximate surface area is 189 Å². The number of hydrogen-bond acceptors (Lipinski definition) is 8. The first-order chi connectivity index (χ1) is 15.8. The van der Waals surface area contributed by atoms with Gasteiger partial charge in [-0.1, -0.05) is 6.07 Å². The van der Waals surface area contributed by atoms with Gasteiger partial charge in [-0.05, 0) is 45.9 Å². The molecule has 0 saturated heterocycles. The highest BCUT2D eigenvalue weighted by atomic mass is 16.5. The van der Waals surface area contributed by atoms with Crippen LogP contribution in [0.4, 0.5) is 5.82 Å². The van der Waals surface area contributed by atoms with Crippen molar-refractivity contribution in [2.24, 2.45) is 0 Å². The van der Waals surface area contributed by atoms with Gasteiger partial charge in [0, 0.05) is 23.7 Å². The van der Waals surface area contributed by atoms with Crippen LogP contribution >= 0.6 is 0 Å². The molecule has 1 N–H and O–H groups in total. The molecule has 4 heterocycles. The van der Waals surface area contributed by atoms with Crippen LogP contribution in [0.2, 0.25) is 0 Å². The number of nitrogens with zero attached hydrogens (tertiary/aromatic N) is 7. The van der Waals surface area contributed by atoms with Gasteiger partial charge in [-0.2, -0.15) is 14.9 Å². The first kappa shape index (κ1) is 21.8. The molecule has 0 radical (unpaired) electrons. The summed E-state index contributed by atoms with van der Waals surface area (Å²) >= 11 is 0. The quantitative estimate of drug-likeness (QED) is 0.447. The molecular weight excluding hydrogens is 424 g/mol. The normalized spacial score (nSPS) is 10.8. The Bertz CT molecular complexity index is 1310. The summed E-state index contributed by atoms with van der Waals surface area (Å²) < 4.78 is 8.17. The largest absolute Gasteiger partial charge is 0.452 e. The number of hydrogen-bond donors (Lipinski definition) is 1. The van der Waals surface area contributed by atoms with Crippen LogP contribution in [0.15, 0.2) is 42.7 Å². The Morgan fingerprint density at radius 2 is 1.76 bits per heavy atom. The zero-order valence-electron chi connectivity index (χ0n) is 18.6. The van der Waals surface area contributed by atoms with Crippen molar-refractivity contribution < 1.29 is 14.3 Å². The number of pyridine rings is 1. The van der Waals surface area contributed by atoms with Crippen molar-refractivity contribution in [1.29, 1.82) is 0 Å². The molecule has 0 aliphatic rings. The molecule has 0 bridgehead atoms. The molecule has 0 atom stereocenters. The number of rotatable bonds is 6. The zero-order valence-corrected chi connectivity index (χ0v) is 18.6. The second-order valence-corrected chi connectivity index (χ2v) is 7.40. The topological polar surface area (TPSA) is 130 Å². The van der Waals surface area contributed by atoms with Crippen molar-refractivity contribution in [1.82, 2.24) is 34.5 Å². The van der Waals surface area contributed by atoms with Gasteiger partial charge in [0.15, 0.2) is 12.4 Å². The van der Waals surface area contributed by atoms with Crippen LogP contribution in [-0.4, -0.2) is 53.0 Å². The smallest absolute Gasteiger partial charge is 0.342 e. The van der Waals surface area contributed by atoms with Gasteiger partial charge in [-0.15, -0.1) is 0 Å². The van der Waals surface area contributed by atoms with E-state index in [9.17, 15) is 9.59 Å². The lowest BCUT2D eigenvalue weighted by atomic mass is 10.2. The minimum Gasteiger partial charge on any atom is -0.452 e. The van der Waals surface area contributed by atoms with E-state index in [4.69, 9.17) is 4.74 Å². The fourth-order valence-electron chi connectivity index (χ4n) is 3.25. The molecular formula is C22H22N8O3. The van der Waals surface area contributed by atoms with Gasteiger partial charge in [0.25, 0.3) is 11.9 Å². The monoisotopic (exact) mass is 446 g/mol. The lowest BCUT2D eigenvalue weighted by Crippen LogP contribution is -2.23. The molecule has 4 aromatic heterocycles. The van der Waals surface area contributed by atoms with Gasteiger partial charge in [0.2, 0.25) is 0 Å². The van der Waals surface area contributed by atoms with Crippen molar-refractivity contribution in [2.45, 2.75) is 27.7 Å². The summed E-state index contributed by atoms with van der Waals surface area (Å²) in [6.45, 7) is 6.74. The summed E-state index contributed by atoms with van der Waals surface area (Å²) in [4.78, 5) is 38.0. The first-order valence-electron chi connectivity index (χ1n) is 10.1. The summed E-state index contributed by atoms with van der Waals surface area (Å²) in [6, 6.07) is 8.90. The van der Waals surface area contributed by atoms with Crippen LogP contribution in [0.1, 0.15) is 33.1 Å². The van der Waals surface area contributed by atoms with E-state index in [0.29, 0.717) is 29.0 Å². The van der Waals surface area contributed by atoms with E-state index in [1.54, 1.807) is 38.2 Å². The summed E-state index contributed by atoms with van der Waals surface area (Å²) in [5.74, 6) is 0.1000. The fraction of sp³-hybridized carbons (Fsp3) is 0.227.